The van der Waals surface area contributed by atoms with Gasteiger partial charge in [-0.2, -0.15) is 0 Å². The van der Waals surface area contributed by atoms with E-state index in [0.29, 0.717) is 11.3 Å². The van der Waals surface area contributed by atoms with Crippen LogP contribution in [0.25, 0.3) is 0 Å². The first kappa shape index (κ1) is 15.9. The van der Waals surface area contributed by atoms with Crippen LogP contribution in [0.2, 0.25) is 0 Å². The highest BCUT2D eigenvalue weighted by molar-refractivity contribution is 9.10. The fraction of sp³-hybridized carbons (Fsp3) is 0.200. The summed E-state index contributed by atoms with van der Waals surface area (Å²) in [6.07, 6.45) is 0. The van der Waals surface area contributed by atoms with E-state index in [4.69, 9.17) is 10.5 Å². The predicted molar refractivity (Wildman–Crippen MR) is 77.8 cm³/mol. The molecule has 2 aromatic rings. The van der Waals surface area contributed by atoms with Gasteiger partial charge in [0.25, 0.3) is 0 Å². The second-order valence-corrected chi connectivity index (χ2v) is 5.44. The second-order valence-electron chi connectivity index (χ2n) is 4.59. The van der Waals surface area contributed by atoms with E-state index in [1.165, 1.54) is 7.11 Å². The van der Waals surface area contributed by atoms with Crippen molar-refractivity contribution in [1.82, 2.24) is 0 Å². The Morgan fingerprint density at radius 3 is 2.38 bits per heavy atom. The predicted octanol–water partition coefficient (Wildman–Crippen LogP) is 4.23. The van der Waals surface area contributed by atoms with Crippen LogP contribution in [0.5, 0.6) is 5.75 Å². The Morgan fingerprint density at radius 1 is 1.10 bits per heavy atom. The first-order valence-corrected chi connectivity index (χ1v) is 6.89. The van der Waals surface area contributed by atoms with E-state index in [-0.39, 0.29) is 5.56 Å². The van der Waals surface area contributed by atoms with Gasteiger partial charge >= 0.3 is 0 Å². The maximum atomic E-state index is 13.9. The van der Waals surface area contributed by atoms with Gasteiger partial charge in [-0.05, 0) is 30.7 Å². The van der Waals surface area contributed by atoms with Crippen molar-refractivity contribution in [3.8, 4) is 5.75 Å². The van der Waals surface area contributed by atoms with Gasteiger partial charge in [-0.15, -0.1) is 0 Å². The summed E-state index contributed by atoms with van der Waals surface area (Å²) in [5.74, 6) is -3.62. The average Bonchev–Trinajstić information content (AvgIpc) is 2.46. The third-order valence-electron chi connectivity index (χ3n) is 3.25. The van der Waals surface area contributed by atoms with Crippen LogP contribution in [0.4, 0.5) is 13.2 Å². The number of rotatable bonds is 3. The lowest BCUT2D eigenvalue weighted by atomic mass is 9.97. The van der Waals surface area contributed by atoms with Crippen molar-refractivity contribution in [2.45, 2.75) is 13.0 Å². The van der Waals surface area contributed by atoms with E-state index >= 15 is 0 Å². The molecule has 0 amide bonds. The molecule has 2 nitrogen and oxygen atoms in total. The molecule has 0 saturated heterocycles. The molecule has 0 saturated carbocycles. The van der Waals surface area contributed by atoms with Gasteiger partial charge in [0.15, 0.2) is 17.5 Å². The van der Waals surface area contributed by atoms with Crippen LogP contribution in [0.15, 0.2) is 28.7 Å². The lowest BCUT2D eigenvalue weighted by molar-refractivity contribution is 0.405. The number of benzene rings is 2. The molecule has 0 radical (unpaired) electrons. The smallest absolute Gasteiger partial charge is 0.194 e. The van der Waals surface area contributed by atoms with Crippen LogP contribution in [0, 0.1) is 24.4 Å². The fourth-order valence-electron chi connectivity index (χ4n) is 2.04. The minimum Gasteiger partial charge on any atom is -0.496 e. The lowest BCUT2D eigenvalue weighted by Gasteiger charge is -2.18. The largest absolute Gasteiger partial charge is 0.496 e. The number of aryl methyl sites for hydroxylation is 1. The molecule has 2 aromatic carbocycles. The summed E-state index contributed by atoms with van der Waals surface area (Å²) in [6, 6.07) is 4.41. The van der Waals surface area contributed by atoms with E-state index in [0.717, 1.165) is 22.2 Å². The highest BCUT2D eigenvalue weighted by Crippen LogP contribution is 2.34. The fourth-order valence-corrected chi connectivity index (χ4v) is 2.40. The molecule has 0 bridgehead atoms. The molecule has 1 atom stereocenters. The second kappa shape index (κ2) is 6.07. The molecule has 1 unspecified atom stereocenters. The van der Waals surface area contributed by atoms with Gasteiger partial charge in [-0.3, -0.25) is 0 Å². The molecular formula is C15H13BrF3NO. The van der Waals surface area contributed by atoms with Gasteiger partial charge in [-0.25, -0.2) is 13.2 Å². The molecule has 6 heteroatoms. The van der Waals surface area contributed by atoms with E-state index in [1.54, 1.807) is 12.1 Å². The van der Waals surface area contributed by atoms with Crippen molar-refractivity contribution < 1.29 is 17.9 Å². The normalized spacial score (nSPS) is 12.3. The third-order valence-corrected chi connectivity index (χ3v) is 4.10. The molecule has 0 aliphatic carbocycles. The molecule has 0 aliphatic heterocycles. The van der Waals surface area contributed by atoms with Crippen molar-refractivity contribution >= 4 is 15.9 Å². The Morgan fingerprint density at radius 2 is 1.76 bits per heavy atom. The quantitative estimate of drug-likeness (QED) is 0.832. The van der Waals surface area contributed by atoms with E-state index in [2.05, 4.69) is 15.9 Å². The van der Waals surface area contributed by atoms with Gasteiger partial charge in [0.2, 0.25) is 0 Å². The Bertz CT molecular complexity index is 691. The summed E-state index contributed by atoms with van der Waals surface area (Å²) in [5, 5.41) is 0. The molecule has 0 spiro atoms. The van der Waals surface area contributed by atoms with Gasteiger partial charge in [0, 0.05) is 15.6 Å². The average molecular weight is 360 g/mol. The maximum Gasteiger partial charge on any atom is 0.194 e. The summed E-state index contributed by atoms with van der Waals surface area (Å²) < 4.78 is 46.2. The molecule has 0 aromatic heterocycles. The molecule has 0 heterocycles. The molecule has 21 heavy (non-hydrogen) atoms. The molecule has 2 N–H and O–H groups in total. The first-order valence-electron chi connectivity index (χ1n) is 6.09. The Kier molecular flexibility index (Phi) is 4.58. The maximum absolute atomic E-state index is 13.9. The summed E-state index contributed by atoms with van der Waals surface area (Å²) in [6.45, 7) is 1.86. The molecule has 0 aliphatic rings. The van der Waals surface area contributed by atoms with E-state index in [1.807, 2.05) is 6.92 Å². The van der Waals surface area contributed by atoms with Crippen molar-refractivity contribution in [3.63, 3.8) is 0 Å². The summed E-state index contributed by atoms with van der Waals surface area (Å²) in [4.78, 5) is 0. The summed E-state index contributed by atoms with van der Waals surface area (Å²) in [5.41, 5.74) is 7.25. The number of hydrogen-bond acceptors (Lipinski definition) is 2. The zero-order chi connectivity index (χ0) is 15.7. The molecule has 0 fully saturated rings. The van der Waals surface area contributed by atoms with Crippen molar-refractivity contribution in [3.05, 3.63) is 62.9 Å². The minimum absolute atomic E-state index is 0.136. The van der Waals surface area contributed by atoms with Crippen LogP contribution < -0.4 is 10.5 Å². The Labute approximate surface area is 128 Å². The molecular weight excluding hydrogens is 347 g/mol. The zero-order valence-electron chi connectivity index (χ0n) is 11.4. The number of ether oxygens (including phenoxy) is 1. The van der Waals surface area contributed by atoms with Crippen LogP contribution in [0.1, 0.15) is 22.7 Å². The van der Waals surface area contributed by atoms with Crippen molar-refractivity contribution in [1.29, 1.82) is 0 Å². The Balaban J connectivity index is 2.57. The van der Waals surface area contributed by atoms with Crippen LogP contribution in [-0.2, 0) is 0 Å². The number of nitrogens with two attached hydrogens (primary N) is 1. The van der Waals surface area contributed by atoms with Gasteiger partial charge in [0.1, 0.15) is 5.75 Å². The summed E-state index contributed by atoms with van der Waals surface area (Å²) >= 11 is 3.36. The minimum atomic E-state index is -1.53. The van der Waals surface area contributed by atoms with Crippen LogP contribution in [-0.4, -0.2) is 7.11 Å². The van der Waals surface area contributed by atoms with Gasteiger partial charge in [-0.1, -0.05) is 22.0 Å². The van der Waals surface area contributed by atoms with Crippen LogP contribution in [0.3, 0.4) is 0 Å². The number of methoxy groups -OCH3 is 1. The van der Waals surface area contributed by atoms with Gasteiger partial charge < -0.3 is 10.5 Å². The van der Waals surface area contributed by atoms with Crippen LogP contribution >= 0.6 is 15.9 Å². The number of halogens is 4. The van der Waals surface area contributed by atoms with E-state index < -0.39 is 23.5 Å². The lowest BCUT2D eigenvalue weighted by Crippen LogP contribution is -2.16. The standard InChI is InChI=1S/C15H13BrF3NO/c1-7-5-12(21-2)9(6-10(7)16)15(20)8-3-4-11(17)14(19)13(8)18/h3-6,15H,20H2,1-2H3. The third kappa shape index (κ3) is 2.91. The molecule has 112 valence electrons. The zero-order valence-corrected chi connectivity index (χ0v) is 13.0. The Hall–Kier alpha value is -1.53. The SMILES string of the molecule is COc1cc(C)c(Br)cc1C(N)c1ccc(F)c(F)c1F. The topological polar surface area (TPSA) is 35.2 Å². The first-order chi connectivity index (χ1) is 9.86. The monoisotopic (exact) mass is 359 g/mol. The van der Waals surface area contributed by atoms with Gasteiger partial charge in [0.05, 0.1) is 13.2 Å². The highest BCUT2D eigenvalue weighted by atomic mass is 79.9. The molecule has 2 rings (SSSR count). The van der Waals surface area contributed by atoms with E-state index in [9.17, 15) is 13.2 Å². The number of hydrogen-bond donors (Lipinski definition) is 1. The summed E-state index contributed by atoms with van der Waals surface area (Å²) in [7, 11) is 1.46. The highest BCUT2D eigenvalue weighted by Gasteiger charge is 2.22. The van der Waals surface area contributed by atoms with Crippen molar-refractivity contribution in [2.24, 2.45) is 5.73 Å². The van der Waals surface area contributed by atoms with Crippen molar-refractivity contribution in [2.75, 3.05) is 7.11 Å².